The molecule has 0 heterocycles. The van der Waals surface area contributed by atoms with E-state index < -0.39 is 6.10 Å². The topological polar surface area (TPSA) is 29.5 Å². The number of ether oxygens (including phenoxy) is 1. The maximum Gasteiger partial charge on any atom is 0.118 e. The van der Waals surface area contributed by atoms with E-state index in [1.54, 1.807) is 7.11 Å². The number of hydrogen-bond acceptors (Lipinski definition) is 2. The van der Waals surface area contributed by atoms with Gasteiger partial charge in [0.2, 0.25) is 0 Å². The van der Waals surface area contributed by atoms with E-state index in [0.717, 1.165) is 12.2 Å². The molecule has 78 valence electrons. The quantitative estimate of drug-likeness (QED) is 0.762. The van der Waals surface area contributed by atoms with Crippen molar-refractivity contribution in [2.75, 3.05) is 13.0 Å². The maximum atomic E-state index is 9.26. The fourth-order valence-electron chi connectivity index (χ4n) is 1.20. The molecule has 1 N–H and O–H groups in total. The van der Waals surface area contributed by atoms with Gasteiger partial charge in [-0.25, -0.2) is 0 Å². The molecule has 0 amide bonds. The van der Waals surface area contributed by atoms with Crippen molar-refractivity contribution in [3.8, 4) is 5.75 Å². The van der Waals surface area contributed by atoms with E-state index in [2.05, 4.69) is 0 Å². The first-order valence-electron chi connectivity index (χ1n) is 4.63. The van der Waals surface area contributed by atoms with Gasteiger partial charge in [0, 0.05) is 5.88 Å². The van der Waals surface area contributed by atoms with Gasteiger partial charge in [-0.15, -0.1) is 11.6 Å². The molecule has 1 unspecified atom stereocenters. The molecule has 0 bridgehead atoms. The van der Waals surface area contributed by atoms with Crippen molar-refractivity contribution in [1.82, 2.24) is 0 Å². The summed E-state index contributed by atoms with van der Waals surface area (Å²) in [6.45, 7) is 0. The van der Waals surface area contributed by atoms with Crippen LogP contribution in [0.1, 0.15) is 12.0 Å². The number of aryl methyl sites for hydroxylation is 1. The molecule has 2 nitrogen and oxygen atoms in total. The lowest BCUT2D eigenvalue weighted by molar-refractivity contribution is 0.188. The molecule has 1 rings (SSSR count). The molecule has 0 spiro atoms. The van der Waals surface area contributed by atoms with Gasteiger partial charge < -0.3 is 9.84 Å². The van der Waals surface area contributed by atoms with Crippen LogP contribution in [0.3, 0.4) is 0 Å². The number of hydrogen-bond donors (Lipinski definition) is 1. The Balaban J connectivity index is 2.43. The highest BCUT2D eigenvalue weighted by molar-refractivity contribution is 6.18. The molecule has 0 aliphatic heterocycles. The van der Waals surface area contributed by atoms with E-state index in [-0.39, 0.29) is 0 Å². The molecular weight excluding hydrogens is 200 g/mol. The van der Waals surface area contributed by atoms with Crippen molar-refractivity contribution in [2.45, 2.75) is 18.9 Å². The highest BCUT2D eigenvalue weighted by Gasteiger charge is 2.02. The van der Waals surface area contributed by atoms with Crippen LogP contribution in [0.15, 0.2) is 24.3 Å². The van der Waals surface area contributed by atoms with Crippen molar-refractivity contribution in [3.05, 3.63) is 29.8 Å². The van der Waals surface area contributed by atoms with E-state index in [1.807, 2.05) is 24.3 Å². The summed E-state index contributed by atoms with van der Waals surface area (Å²) >= 11 is 5.50. The monoisotopic (exact) mass is 214 g/mol. The minimum atomic E-state index is -0.404. The minimum Gasteiger partial charge on any atom is -0.497 e. The molecule has 0 aliphatic rings. The van der Waals surface area contributed by atoms with E-state index in [0.29, 0.717) is 12.3 Å². The fourth-order valence-corrected chi connectivity index (χ4v) is 1.36. The van der Waals surface area contributed by atoms with Crippen LogP contribution in [0, 0.1) is 0 Å². The largest absolute Gasteiger partial charge is 0.497 e. The molecule has 0 saturated heterocycles. The van der Waals surface area contributed by atoms with Crippen molar-refractivity contribution in [3.63, 3.8) is 0 Å². The molecule has 1 atom stereocenters. The number of aliphatic hydroxyl groups is 1. The molecule has 0 radical (unpaired) electrons. The summed E-state index contributed by atoms with van der Waals surface area (Å²) in [5.74, 6) is 1.16. The molecule has 1 aromatic carbocycles. The standard InChI is InChI=1S/C11H15ClO2/c1-14-11-6-3-9(4-7-11)2-5-10(13)8-12/h3-4,6-7,10,13H,2,5,8H2,1H3. The Labute approximate surface area is 89.5 Å². The molecule has 0 fully saturated rings. The molecule has 1 aromatic rings. The van der Waals surface area contributed by atoms with Crippen molar-refractivity contribution < 1.29 is 9.84 Å². The normalized spacial score (nSPS) is 12.5. The summed E-state index contributed by atoms with van der Waals surface area (Å²) in [4.78, 5) is 0. The summed E-state index contributed by atoms with van der Waals surface area (Å²) in [6.07, 6.45) is 1.15. The van der Waals surface area contributed by atoms with Crippen LogP contribution in [-0.4, -0.2) is 24.2 Å². The average Bonchev–Trinajstić information content (AvgIpc) is 2.26. The first-order chi connectivity index (χ1) is 6.76. The maximum absolute atomic E-state index is 9.26. The van der Waals surface area contributed by atoms with Crippen LogP contribution < -0.4 is 4.74 Å². The molecule has 0 aromatic heterocycles. The number of alkyl halides is 1. The Morgan fingerprint density at radius 3 is 2.50 bits per heavy atom. The van der Waals surface area contributed by atoms with Crippen LogP contribution in [0.5, 0.6) is 5.75 Å². The van der Waals surface area contributed by atoms with Gasteiger partial charge in [0.1, 0.15) is 5.75 Å². The predicted molar refractivity (Wildman–Crippen MR) is 58.0 cm³/mol. The van der Waals surface area contributed by atoms with Crippen LogP contribution >= 0.6 is 11.6 Å². The van der Waals surface area contributed by atoms with E-state index in [4.69, 9.17) is 16.3 Å². The number of methoxy groups -OCH3 is 1. The van der Waals surface area contributed by atoms with Crippen molar-refractivity contribution >= 4 is 11.6 Å². The van der Waals surface area contributed by atoms with E-state index >= 15 is 0 Å². The van der Waals surface area contributed by atoms with Crippen LogP contribution in [0.4, 0.5) is 0 Å². The second-order valence-corrected chi connectivity index (χ2v) is 3.50. The summed E-state index contributed by atoms with van der Waals surface area (Å²) in [6, 6.07) is 7.84. The van der Waals surface area contributed by atoms with E-state index in [1.165, 1.54) is 5.56 Å². The first-order valence-corrected chi connectivity index (χ1v) is 5.16. The average molecular weight is 215 g/mol. The summed E-state index contributed by atoms with van der Waals surface area (Å²) in [7, 11) is 1.65. The third-order valence-electron chi connectivity index (χ3n) is 2.10. The van der Waals surface area contributed by atoms with Gasteiger partial charge in [0.15, 0.2) is 0 Å². The second kappa shape index (κ2) is 5.89. The van der Waals surface area contributed by atoms with Crippen LogP contribution in [0.25, 0.3) is 0 Å². The lowest BCUT2D eigenvalue weighted by atomic mass is 10.1. The van der Waals surface area contributed by atoms with Gasteiger partial charge in [0.25, 0.3) is 0 Å². The molecule has 3 heteroatoms. The molecule has 14 heavy (non-hydrogen) atoms. The third-order valence-corrected chi connectivity index (χ3v) is 2.46. The summed E-state index contributed by atoms with van der Waals surface area (Å²) in [5, 5.41) is 9.26. The number of benzene rings is 1. The number of aliphatic hydroxyl groups excluding tert-OH is 1. The fraction of sp³-hybridized carbons (Fsp3) is 0.455. The Morgan fingerprint density at radius 1 is 1.36 bits per heavy atom. The Kier molecular flexibility index (Phi) is 4.77. The van der Waals surface area contributed by atoms with Gasteiger partial charge in [-0.05, 0) is 30.5 Å². The summed E-state index contributed by atoms with van der Waals surface area (Å²) < 4.78 is 5.05. The lowest BCUT2D eigenvalue weighted by Gasteiger charge is -2.06. The molecule has 0 aliphatic carbocycles. The predicted octanol–water partition coefficient (Wildman–Crippen LogP) is 2.23. The van der Waals surface area contributed by atoms with Crippen LogP contribution in [-0.2, 0) is 6.42 Å². The summed E-state index contributed by atoms with van der Waals surface area (Å²) in [5.41, 5.74) is 1.19. The van der Waals surface area contributed by atoms with Crippen molar-refractivity contribution in [1.29, 1.82) is 0 Å². The molecular formula is C11H15ClO2. The van der Waals surface area contributed by atoms with Crippen molar-refractivity contribution in [2.24, 2.45) is 0 Å². The Morgan fingerprint density at radius 2 is 2.00 bits per heavy atom. The number of halogens is 1. The van der Waals surface area contributed by atoms with Gasteiger partial charge >= 0.3 is 0 Å². The minimum absolute atomic E-state index is 0.302. The third kappa shape index (κ3) is 3.56. The number of rotatable bonds is 5. The zero-order chi connectivity index (χ0) is 10.4. The Bertz CT molecular complexity index is 258. The SMILES string of the molecule is COc1ccc(CCC(O)CCl)cc1. The highest BCUT2D eigenvalue weighted by Crippen LogP contribution is 2.13. The first kappa shape index (κ1) is 11.3. The van der Waals surface area contributed by atoms with E-state index in [9.17, 15) is 5.11 Å². The van der Waals surface area contributed by atoms with Gasteiger partial charge in [-0.1, -0.05) is 12.1 Å². The Hall–Kier alpha value is -0.730. The smallest absolute Gasteiger partial charge is 0.118 e. The van der Waals surface area contributed by atoms with Gasteiger partial charge in [-0.3, -0.25) is 0 Å². The van der Waals surface area contributed by atoms with Gasteiger partial charge in [0.05, 0.1) is 13.2 Å². The zero-order valence-corrected chi connectivity index (χ0v) is 9.00. The van der Waals surface area contributed by atoms with Crippen LogP contribution in [0.2, 0.25) is 0 Å². The highest BCUT2D eigenvalue weighted by atomic mass is 35.5. The molecule has 0 saturated carbocycles. The zero-order valence-electron chi connectivity index (χ0n) is 8.24. The second-order valence-electron chi connectivity index (χ2n) is 3.19. The lowest BCUT2D eigenvalue weighted by Crippen LogP contribution is -2.09. The van der Waals surface area contributed by atoms with Gasteiger partial charge in [-0.2, -0.15) is 0 Å².